The zero-order valence-corrected chi connectivity index (χ0v) is 11.3. The van der Waals surface area contributed by atoms with Gasteiger partial charge in [-0.15, -0.1) is 0 Å². The van der Waals surface area contributed by atoms with Gasteiger partial charge in [-0.3, -0.25) is 4.40 Å². The first-order valence-electron chi connectivity index (χ1n) is 6.32. The van der Waals surface area contributed by atoms with E-state index in [0.717, 1.165) is 16.9 Å². The van der Waals surface area contributed by atoms with Gasteiger partial charge in [-0.05, 0) is 25.1 Å². The van der Waals surface area contributed by atoms with Gasteiger partial charge in [0.05, 0.1) is 12.8 Å². The Morgan fingerprint density at radius 1 is 1.20 bits per heavy atom. The van der Waals surface area contributed by atoms with Crippen LogP contribution in [0.5, 0.6) is 0 Å². The fraction of sp³-hybridized carbons (Fsp3) is 0.125. The highest BCUT2D eigenvalue weighted by molar-refractivity contribution is 5.88. The van der Waals surface area contributed by atoms with Crippen LogP contribution in [0.1, 0.15) is 16.1 Å². The van der Waals surface area contributed by atoms with E-state index in [2.05, 4.69) is 11.1 Å². The minimum atomic E-state index is -0.371. The second-order valence-corrected chi connectivity index (χ2v) is 4.63. The van der Waals surface area contributed by atoms with Crippen LogP contribution in [-0.4, -0.2) is 22.5 Å². The van der Waals surface area contributed by atoms with Gasteiger partial charge in [0.25, 0.3) is 0 Å². The van der Waals surface area contributed by atoms with Crippen molar-refractivity contribution < 1.29 is 9.53 Å². The van der Waals surface area contributed by atoms with Crippen LogP contribution in [0, 0.1) is 6.92 Å². The molecule has 0 amide bonds. The number of pyridine rings is 1. The van der Waals surface area contributed by atoms with Crippen LogP contribution in [0.4, 0.5) is 0 Å². The highest BCUT2D eigenvalue weighted by atomic mass is 16.5. The van der Waals surface area contributed by atoms with E-state index in [4.69, 9.17) is 4.74 Å². The van der Waals surface area contributed by atoms with Gasteiger partial charge < -0.3 is 4.74 Å². The molecule has 0 spiro atoms. The number of imidazole rings is 1. The summed E-state index contributed by atoms with van der Waals surface area (Å²) in [4.78, 5) is 16.3. The highest BCUT2D eigenvalue weighted by Crippen LogP contribution is 2.21. The van der Waals surface area contributed by atoms with E-state index in [9.17, 15) is 4.79 Å². The minimum absolute atomic E-state index is 0.371. The van der Waals surface area contributed by atoms with Crippen LogP contribution in [0.15, 0.2) is 48.7 Å². The average Bonchev–Trinajstić information content (AvgIpc) is 2.90. The van der Waals surface area contributed by atoms with Crippen LogP contribution in [0.3, 0.4) is 0 Å². The first-order chi connectivity index (χ1) is 9.69. The van der Waals surface area contributed by atoms with Crippen molar-refractivity contribution in [2.24, 2.45) is 0 Å². The van der Waals surface area contributed by atoms with Crippen molar-refractivity contribution in [2.75, 3.05) is 7.11 Å². The molecule has 4 nitrogen and oxygen atoms in total. The Labute approximate surface area is 116 Å². The number of carbonyl (C=O) groups excluding carboxylic acids is 1. The van der Waals surface area contributed by atoms with Gasteiger partial charge in [-0.2, -0.15) is 0 Å². The maximum absolute atomic E-state index is 11.8. The summed E-state index contributed by atoms with van der Waals surface area (Å²) in [7, 11) is 1.37. The van der Waals surface area contributed by atoms with Crippen molar-refractivity contribution in [3.8, 4) is 11.3 Å². The number of esters is 1. The number of aryl methyl sites for hydroxylation is 1. The molecule has 4 heteroatoms. The summed E-state index contributed by atoms with van der Waals surface area (Å²) in [5, 5.41) is 0. The van der Waals surface area contributed by atoms with Gasteiger partial charge in [0.1, 0.15) is 11.3 Å². The number of rotatable bonds is 2. The molecule has 0 N–H and O–H groups in total. The molecule has 0 unspecified atom stereocenters. The normalized spacial score (nSPS) is 10.7. The van der Waals surface area contributed by atoms with E-state index in [0.29, 0.717) is 5.69 Å². The highest BCUT2D eigenvalue weighted by Gasteiger charge is 2.12. The number of hydrogen-bond acceptors (Lipinski definition) is 3. The lowest BCUT2D eigenvalue weighted by molar-refractivity contribution is 0.0592. The lowest BCUT2D eigenvalue weighted by Gasteiger charge is -2.01. The molecule has 2 aromatic heterocycles. The Morgan fingerprint density at radius 3 is 2.75 bits per heavy atom. The summed E-state index contributed by atoms with van der Waals surface area (Å²) in [6.07, 6.45) is 1.86. The van der Waals surface area contributed by atoms with Gasteiger partial charge in [0, 0.05) is 11.8 Å². The zero-order chi connectivity index (χ0) is 14.1. The summed E-state index contributed by atoms with van der Waals surface area (Å²) in [5.74, 6) is -0.371. The van der Waals surface area contributed by atoms with Gasteiger partial charge in [-0.25, -0.2) is 9.78 Å². The molecular formula is C16H14N2O2. The topological polar surface area (TPSA) is 43.6 Å². The molecule has 0 saturated heterocycles. The number of ether oxygens (including phenoxy) is 1. The third-order valence-corrected chi connectivity index (χ3v) is 3.20. The number of methoxy groups -OCH3 is 1. The molecule has 100 valence electrons. The number of fused-ring (bicyclic) bond motifs is 1. The summed E-state index contributed by atoms with van der Waals surface area (Å²) < 4.78 is 6.54. The van der Waals surface area contributed by atoms with Crippen molar-refractivity contribution in [2.45, 2.75) is 6.92 Å². The molecule has 0 aliphatic carbocycles. The monoisotopic (exact) mass is 266 g/mol. The summed E-state index contributed by atoms with van der Waals surface area (Å²) >= 11 is 0. The van der Waals surface area contributed by atoms with Gasteiger partial charge >= 0.3 is 5.97 Å². The molecule has 2 heterocycles. The molecule has 3 rings (SSSR count). The molecule has 0 atom stereocenters. The largest absolute Gasteiger partial charge is 0.464 e. The van der Waals surface area contributed by atoms with E-state index in [1.807, 2.05) is 37.4 Å². The van der Waals surface area contributed by atoms with Gasteiger partial charge in [0.15, 0.2) is 0 Å². The van der Waals surface area contributed by atoms with Gasteiger partial charge in [0.2, 0.25) is 0 Å². The first kappa shape index (κ1) is 12.4. The smallest absolute Gasteiger partial charge is 0.355 e. The van der Waals surface area contributed by atoms with E-state index in [1.54, 1.807) is 16.5 Å². The second-order valence-electron chi connectivity index (χ2n) is 4.63. The maximum atomic E-state index is 11.8. The molecule has 20 heavy (non-hydrogen) atoms. The molecular weight excluding hydrogens is 252 g/mol. The van der Waals surface area contributed by atoms with Gasteiger partial charge in [-0.1, -0.05) is 29.8 Å². The fourth-order valence-corrected chi connectivity index (χ4v) is 2.23. The predicted octanol–water partition coefficient (Wildman–Crippen LogP) is 3.10. The van der Waals surface area contributed by atoms with Crippen molar-refractivity contribution in [3.05, 3.63) is 59.9 Å². The molecule has 1 aromatic carbocycles. The predicted molar refractivity (Wildman–Crippen MR) is 76.7 cm³/mol. The maximum Gasteiger partial charge on any atom is 0.355 e. The second kappa shape index (κ2) is 4.81. The average molecular weight is 266 g/mol. The van der Waals surface area contributed by atoms with Crippen LogP contribution in [-0.2, 0) is 4.74 Å². The first-order valence-corrected chi connectivity index (χ1v) is 6.32. The molecule has 0 aliphatic rings. The Morgan fingerprint density at radius 2 is 2.00 bits per heavy atom. The Kier molecular flexibility index (Phi) is 2.99. The van der Waals surface area contributed by atoms with Crippen molar-refractivity contribution in [1.82, 2.24) is 9.38 Å². The Balaban J connectivity index is 2.18. The summed E-state index contributed by atoms with van der Waals surface area (Å²) in [6.45, 7) is 2.04. The molecule has 0 fully saturated rings. The standard InChI is InChI=1S/C16H14N2O2/c1-11-5-3-6-12(9-11)13-10-18-14(16(19)20-2)7-4-8-15(18)17-13/h3-10H,1-2H3. The Hall–Kier alpha value is -2.62. The van der Waals surface area contributed by atoms with Crippen LogP contribution in [0.25, 0.3) is 16.9 Å². The number of nitrogens with zero attached hydrogens (tertiary/aromatic N) is 2. The van der Waals surface area contributed by atoms with Crippen molar-refractivity contribution in [3.63, 3.8) is 0 Å². The van der Waals surface area contributed by atoms with E-state index >= 15 is 0 Å². The molecule has 0 bridgehead atoms. The minimum Gasteiger partial charge on any atom is -0.464 e. The Bertz CT molecular complexity index is 790. The van der Waals surface area contributed by atoms with E-state index in [-0.39, 0.29) is 5.97 Å². The number of aromatic nitrogens is 2. The van der Waals surface area contributed by atoms with Crippen LogP contribution < -0.4 is 0 Å². The SMILES string of the molecule is COC(=O)c1cccc2nc(-c3cccc(C)c3)cn12. The van der Waals surface area contributed by atoms with Crippen LogP contribution >= 0.6 is 0 Å². The number of benzene rings is 1. The zero-order valence-electron chi connectivity index (χ0n) is 11.3. The molecule has 0 saturated carbocycles. The lowest BCUT2D eigenvalue weighted by Crippen LogP contribution is -2.06. The third kappa shape index (κ3) is 2.05. The summed E-state index contributed by atoms with van der Waals surface area (Å²) in [6, 6.07) is 13.5. The summed E-state index contributed by atoms with van der Waals surface area (Å²) in [5.41, 5.74) is 4.24. The van der Waals surface area contributed by atoms with E-state index < -0.39 is 0 Å². The lowest BCUT2D eigenvalue weighted by atomic mass is 10.1. The molecule has 0 radical (unpaired) electrons. The number of carbonyl (C=O) groups is 1. The van der Waals surface area contributed by atoms with Crippen molar-refractivity contribution in [1.29, 1.82) is 0 Å². The number of hydrogen-bond donors (Lipinski definition) is 0. The van der Waals surface area contributed by atoms with E-state index in [1.165, 1.54) is 12.7 Å². The molecule has 3 aromatic rings. The van der Waals surface area contributed by atoms with Crippen LogP contribution in [0.2, 0.25) is 0 Å². The van der Waals surface area contributed by atoms with Crippen molar-refractivity contribution >= 4 is 11.6 Å². The fourth-order valence-electron chi connectivity index (χ4n) is 2.23. The third-order valence-electron chi connectivity index (χ3n) is 3.20. The molecule has 0 aliphatic heterocycles. The quantitative estimate of drug-likeness (QED) is 0.669.